The smallest absolute Gasteiger partial charge is 0.323 e. The highest BCUT2D eigenvalue weighted by Gasteiger charge is 2.14. The lowest BCUT2D eigenvalue weighted by Crippen LogP contribution is -2.34. The fourth-order valence-corrected chi connectivity index (χ4v) is 2.38. The molecule has 0 aliphatic heterocycles. The summed E-state index contributed by atoms with van der Waals surface area (Å²) in [5.74, 6) is 1.34. The summed E-state index contributed by atoms with van der Waals surface area (Å²) in [6.07, 6.45) is 0. The van der Waals surface area contributed by atoms with Crippen molar-refractivity contribution in [3.8, 4) is 5.75 Å². The molecule has 0 aliphatic carbocycles. The fourth-order valence-electron chi connectivity index (χ4n) is 1.62. The third-order valence-corrected chi connectivity index (χ3v) is 3.69. The van der Waals surface area contributed by atoms with E-state index in [0.717, 1.165) is 0 Å². The van der Waals surface area contributed by atoms with Crippen LogP contribution in [0.4, 0.5) is 0 Å². The predicted octanol–water partition coefficient (Wildman–Crippen LogP) is 1.89. The molecule has 1 rings (SSSR count). The molecule has 1 atom stereocenters. The molecule has 0 heterocycles. The predicted molar refractivity (Wildman–Crippen MR) is 83.9 cm³/mol. The zero-order chi connectivity index (χ0) is 15.7. The SMILES string of the molecule is CCOC(=O)C(N)CSCCOc1ccccc1C(C)=O. The molecule has 0 aliphatic rings. The zero-order valence-electron chi connectivity index (χ0n) is 12.3. The Kier molecular flexibility index (Phi) is 7.85. The van der Waals surface area contributed by atoms with Gasteiger partial charge in [0.15, 0.2) is 5.78 Å². The lowest BCUT2D eigenvalue weighted by molar-refractivity contribution is -0.144. The Morgan fingerprint density at radius 1 is 1.33 bits per heavy atom. The molecule has 1 aromatic rings. The number of nitrogens with two attached hydrogens (primary N) is 1. The number of ketones is 1. The van der Waals surface area contributed by atoms with E-state index in [1.54, 1.807) is 25.1 Å². The lowest BCUT2D eigenvalue weighted by Gasteiger charge is -2.11. The maximum absolute atomic E-state index is 11.4. The van der Waals surface area contributed by atoms with Crippen molar-refractivity contribution in [2.45, 2.75) is 19.9 Å². The minimum absolute atomic E-state index is 0.0254. The first-order chi connectivity index (χ1) is 10.1. The van der Waals surface area contributed by atoms with Crippen LogP contribution in [0.3, 0.4) is 0 Å². The van der Waals surface area contributed by atoms with E-state index in [4.69, 9.17) is 15.2 Å². The van der Waals surface area contributed by atoms with Crippen LogP contribution in [0.5, 0.6) is 5.75 Å². The molecule has 1 aromatic carbocycles. The van der Waals surface area contributed by atoms with Crippen LogP contribution in [0.15, 0.2) is 24.3 Å². The van der Waals surface area contributed by atoms with Gasteiger partial charge in [0.1, 0.15) is 11.8 Å². The Morgan fingerprint density at radius 3 is 2.71 bits per heavy atom. The number of ether oxygens (including phenoxy) is 2. The normalized spacial score (nSPS) is 11.8. The first-order valence-corrected chi connectivity index (χ1v) is 7.94. The average molecular weight is 311 g/mol. The quantitative estimate of drug-likeness (QED) is 0.426. The number of Topliss-reactive ketones (excluding diaryl/α,β-unsaturated/α-hetero) is 1. The van der Waals surface area contributed by atoms with Crippen molar-refractivity contribution in [3.63, 3.8) is 0 Å². The number of carbonyl (C=O) groups excluding carboxylic acids is 2. The van der Waals surface area contributed by atoms with Crippen LogP contribution in [0.2, 0.25) is 0 Å². The van der Waals surface area contributed by atoms with E-state index in [1.165, 1.54) is 18.7 Å². The minimum Gasteiger partial charge on any atom is -0.492 e. The van der Waals surface area contributed by atoms with Gasteiger partial charge in [0.05, 0.1) is 18.8 Å². The third-order valence-electron chi connectivity index (χ3n) is 2.64. The lowest BCUT2D eigenvalue weighted by atomic mass is 10.1. The van der Waals surface area contributed by atoms with Crippen LogP contribution in [0.1, 0.15) is 24.2 Å². The third kappa shape index (κ3) is 6.18. The van der Waals surface area contributed by atoms with E-state index in [2.05, 4.69) is 0 Å². The summed E-state index contributed by atoms with van der Waals surface area (Å²) in [4.78, 5) is 22.7. The van der Waals surface area contributed by atoms with E-state index in [9.17, 15) is 9.59 Å². The average Bonchev–Trinajstić information content (AvgIpc) is 2.47. The van der Waals surface area contributed by atoms with Gasteiger partial charge in [-0.05, 0) is 26.0 Å². The standard InChI is InChI=1S/C15H21NO4S/c1-3-19-15(18)13(16)10-21-9-8-20-14-7-5-4-6-12(14)11(2)17/h4-7,13H,3,8-10,16H2,1-2H3. The highest BCUT2D eigenvalue weighted by molar-refractivity contribution is 7.99. The summed E-state index contributed by atoms with van der Waals surface area (Å²) in [6.45, 7) is 4.04. The highest BCUT2D eigenvalue weighted by atomic mass is 32.2. The maximum Gasteiger partial charge on any atom is 0.323 e. The van der Waals surface area contributed by atoms with Crippen molar-refractivity contribution in [3.05, 3.63) is 29.8 Å². The molecule has 2 N–H and O–H groups in total. The molecular weight excluding hydrogens is 290 g/mol. The number of hydrogen-bond donors (Lipinski definition) is 1. The van der Waals surface area contributed by atoms with Gasteiger partial charge in [-0.2, -0.15) is 11.8 Å². The molecule has 0 fully saturated rings. The van der Waals surface area contributed by atoms with Gasteiger partial charge in [0.2, 0.25) is 0 Å². The second kappa shape index (κ2) is 9.41. The van der Waals surface area contributed by atoms with Crippen LogP contribution in [0, 0.1) is 0 Å². The number of carbonyl (C=O) groups is 2. The number of rotatable bonds is 9. The molecular formula is C15H21NO4S. The molecule has 5 nitrogen and oxygen atoms in total. The van der Waals surface area contributed by atoms with E-state index < -0.39 is 6.04 Å². The van der Waals surface area contributed by atoms with Crippen molar-refractivity contribution in [2.75, 3.05) is 24.7 Å². The van der Waals surface area contributed by atoms with Gasteiger partial charge >= 0.3 is 5.97 Å². The second-order valence-corrected chi connectivity index (χ2v) is 5.48. The zero-order valence-corrected chi connectivity index (χ0v) is 13.2. The number of thioether (sulfide) groups is 1. The summed E-state index contributed by atoms with van der Waals surface area (Å²) in [5, 5.41) is 0. The van der Waals surface area contributed by atoms with Crippen LogP contribution in [-0.4, -0.2) is 42.5 Å². The van der Waals surface area contributed by atoms with E-state index in [1.807, 2.05) is 6.07 Å². The molecule has 0 saturated carbocycles. The van der Waals surface area contributed by atoms with E-state index >= 15 is 0 Å². The Hall–Kier alpha value is -1.53. The monoisotopic (exact) mass is 311 g/mol. The van der Waals surface area contributed by atoms with E-state index in [0.29, 0.717) is 36.0 Å². The van der Waals surface area contributed by atoms with Crippen LogP contribution in [-0.2, 0) is 9.53 Å². The molecule has 0 radical (unpaired) electrons. The fraction of sp³-hybridized carbons (Fsp3) is 0.467. The summed E-state index contributed by atoms with van der Waals surface area (Å²) >= 11 is 1.51. The molecule has 0 amide bonds. The molecule has 1 unspecified atom stereocenters. The van der Waals surface area contributed by atoms with Crippen molar-refractivity contribution >= 4 is 23.5 Å². The Balaban J connectivity index is 2.29. The first kappa shape index (κ1) is 17.5. The summed E-state index contributed by atoms with van der Waals surface area (Å²) < 4.78 is 10.4. The van der Waals surface area contributed by atoms with Gasteiger partial charge in [-0.25, -0.2) is 0 Å². The number of esters is 1. The Bertz CT molecular complexity index is 478. The largest absolute Gasteiger partial charge is 0.492 e. The molecule has 0 spiro atoms. The molecule has 0 saturated heterocycles. The van der Waals surface area contributed by atoms with Crippen LogP contribution >= 0.6 is 11.8 Å². The van der Waals surface area contributed by atoms with Crippen molar-refractivity contribution < 1.29 is 19.1 Å². The number of hydrogen-bond acceptors (Lipinski definition) is 6. The molecule has 21 heavy (non-hydrogen) atoms. The molecule has 116 valence electrons. The van der Waals surface area contributed by atoms with Crippen molar-refractivity contribution in [1.82, 2.24) is 0 Å². The van der Waals surface area contributed by atoms with Gasteiger partial charge in [-0.1, -0.05) is 12.1 Å². The summed E-state index contributed by atoms with van der Waals surface area (Å²) in [7, 11) is 0. The highest BCUT2D eigenvalue weighted by Crippen LogP contribution is 2.18. The Labute approximate surface area is 129 Å². The van der Waals surface area contributed by atoms with Crippen LogP contribution in [0.25, 0.3) is 0 Å². The number of benzene rings is 1. The number of para-hydroxylation sites is 1. The van der Waals surface area contributed by atoms with Gasteiger partial charge < -0.3 is 15.2 Å². The molecule has 0 aromatic heterocycles. The second-order valence-electron chi connectivity index (χ2n) is 4.33. The summed E-state index contributed by atoms with van der Waals surface area (Å²) in [6, 6.07) is 6.52. The molecule has 0 bridgehead atoms. The topological polar surface area (TPSA) is 78.6 Å². The Morgan fingerprint density at radius 2 is 2.05 bits per heavy atom. The first-order valence-electron chi connectivity index (χ1n) is 6.79. The summed E-state index contributed by atoms with van der Waals surface area (Å²) in [5.41, 5.74) is 6.25. The van der Waals surface area contributed by atoms with Gasteiger partial charge in [0, 0.05) is 11.5 Å². The van der Waals surface area contributed by atoms with Crippen LogP contribution < -0.4 is 10.5 Å². The van der Waals surface area contributed by atoms with Crippen molar-refractivity contribution in [2.24, 2.45) is 5.73 Å². The van der Waals surface area contributed by atoms with Gasteiger partial charge in [-0.15, -0.1) is 0 Å². The van der Waals surface area contributed by atoms with E-state index in [-0.39, 0.29) is 11.8 Å². The minimum atomic E-state index is -0.612. The molecule has 6 heteroatoms. The maximum atomic E-state index is 11.4. The van der Waals surface area contributed by atoms with Gasteiger partial charge in [0.25, 0.3) is 0 Å². The van der Waals surface area contributed by atoms with Crippen molar-refractivity contribution in [1.29, 1.82) is 0 Å². The van der Waals surface area contributed by atoms with Gasteiger partial charge in [-0.3, -0.25) is 9.59 Å².